The second-order valence-electron chi connectivity index (χ2n) is 10.1. The maximum absolute atomic E-state index is 12.4. The first-order valence-corrected chi connectivity index (χ1v) is 15.9. The number of rotatable bonds is 7. The highest BCUT2D eigenvalue weighted by Gasteiger charge is 2.38. The minimum atomic E-state index is -5.08. The molecule has 2 aliphatic rings. The number of H-pyrrole nitrogens is 1. The molecule has 0 unspecified atom stereocenters. The van der Waals surface area contributed by atoms with E-state index in [1.165, 1.54) is 4.88 Å². The molecule has 0 spiro atoms. The summed E-state index contributed by atoms with van der Waals surface area (Å²) < 4.78 is 63.3. The van der Waals surface area contributed by atoms with Crippen molar-refractivity contribution in [3.63, 3.8) is 0 Å². The molecule has 0 bridgehead atoms. The van der Waals surface area contributed by atoms with Gasteiger partial charge in [0.25, 0.3) is 5.91 Å². The van der Waals surface area contributed by atoms with Crippen LogP contribution in [0.2, 0.25) is 0 Å². The van der Waals surface area contributed by atoms with Crippen LogP contribution in [0, 0.1) is 0 Å². The first-order valence-electron chi connectivity index (χ1n) is 13.4. The van der Waals surface area contributed by atoms with Crippen molar-refractivity contribution in [1.29, 1.82) is 0 Å². The van der Waals surface area contributed by atoms with Crippen molar-refractivity contribution in [3.05, 3.63) is 45.8 Å². The molecule has 5 rings (SSSR count). The molecule has 2 aromatic heterocycles. The number of amides is 1. The summed E-state index contributed by atoms with van der Waals surface area (Å²) in [5, 5.41) is 10.3. The van der Waals surface area contributed by atoms with Gasteiger partial charge in [-0.2, -0.15) is 13.2 Å². The minimum absolute atomic E-state index is 0.129. The third-order valence-corrected chi connectivity index (χ3v) is 10.3. The van der Waals surface area contributed by atoms with Gasteiger partial charge in [0, 0.05) is 49.2 Å². The van der Waals surface area contributed by atoms with E-state index in [1.807, 2.05) is 12.3 Å². The van der Waals surface area contributed by atoms with Crippen molar-refractivity contribution in [2.45, 2.75) is 38.4 Å². The standard InChI is InChI=1S/C25H32N4O4S2.C2HF3O2/c1-2-35(31,32)29-5-3-17(4-6-29)23-14-27-24-21(23)12-18(13-22(24)25(26)30)19-11-20(34-16-19)15-28-7-9-33-10-8-28;3-2(4,5)1(6)7/h11-14,16-17,27H,2-10,15H2,1H3,(H2,26,30);(H,6,7). The number of nitrogens with one attached hydrogen (secondary N) is 1. The van der Waals surface area contributed by atoms with Gasteiger partial charge in [-0.1, -0.05) is 0 Å². The Morgan fingerprint density at radius 3 is 2.33 bits per heavy atom. The van der Waals surface area contributed by atoms with Crippen molar-refractivity contribution >= 4 is 44.1 Å². The topological polar surface area (TPSA) is 146 Å². The highest BCUT2D eigenvalue weighted by Crippen LogP contribution is 2.38. The number of carbonyl (C=O) groups excluding carboxylic acids is 1. The van der Waals surface area contributed by atoms with E-state index < -0.39 is 28.1 Å². The summed E-state index contributed by atoms with van der Waals surface area (Å²) in [6, 6.07) is 6.22. The van der Waals surface area contributed by atoms with Gasteiger partial charge >= 0.3 is 12.1 Å². The first-order chi connectivity index (χ1) is 19.8. The van der Waals surface area contributed by atoms with Gasteiger partial charge in [0.2, 0.25) is 10.0 Å². The van der Waals surface area contributed by atoms with Crippen molar-refractivity contribution in [2.24, 2.45) is 5.73 Å². The van der Waals surface area contributed by atoms with Crippen LogP contribution >= 0.6 is 11.3 Å². The Morgan fingerprint density at radius 1 is 1.12 bits per heavy atom. The molecule has 2 saturated heterocycles. The summed E-state index contributed by atoms with van der Waals surface area (Å²) in [4.78, 5) is 28.2. The highest BCUT2D eigenvalue weighted by molar-refractivity contribution is 7.89. The van der Waals surface area contributed by atoms with Crippen LogP contribution in [-0.4, -0.2) is 90.9 Å². The number of ether oxygens (including phenoxy) is 1. The van der Waals surface area contributed by atoms with Crippen molar-refractivity contribution in [3.8, 4) is 11.1 Å². The number of sulfonamides is 1. The number of hydrogen-bond donors (Lipinski definition) is 3. The monoisotopic (exact) mass is 630 g/mol. The molecule has 2 aliphatic heterocycles. The number of hydrogen-bond acceptors (Lipinski definition) is 7. The van der Waals surface area contributed by atoms with Crippen LogP contribution in [0.1, 0.15) is 46.5 Å². The van der Waals surface area contributed by atoms with Gasteiger partial charge in [-0.05, 0) is 66.0 Å². The molecule has 0 aliphatic carbocycles. The van der Waals surface area contributed by atoms with Gasteiger partial charge < -0.3 is 20.6 Å². The van der Waals surface area contributed by atoms with Crippen molar-refractivity contribution < 1.29 is 41.0 Å². The molecule has 230 valence electrons. The fourth-order valence-electron chi connectivity index (χ4n) is 5.17. The fourth-order valence-corrected chi connectivity index (χ4v) is 7.24. The number of nitrogens with two attached hydrogens (primary N) is 1. The van der Waals surface area contributed by atoms with Gasteiger partial charge in [0.15, 0.2) is 0 Å². The maximum Gasteiger partial charge on any atom is 0.490 e. The third-order valence-electron chi connectivity index (χ3n) is 7.45. The van der Waals surface area contributed by atoms with E-state index in [0.717, 1.165) is 73.3 Å². The molecular weight excluding hydrogens is 597 g/mol. The number of fused-ring (bicyclic) bond motifs is 1. The summed E-state index contributed by atoms with van der Waals surface area (Å²) >= 11 is 1.73. The Hall–Kier alpha value is -2.98. The molecule has 0 atom stereocenters. The number of morpholine rings is 1. The number of piperidine rings is 1. The van der Waals surface area contributed by atoms with E-state index in [1.54, 1.807) is 22.6 Å². The quantitative estimate of drug-likeness (QED) is 0.358. The lowest BCUT2D eigenvalue weighted by molar-refractivity contribution is -0.192. The molecule has 2 fully saturated rings. The third kappa shape index (κ3) is 7.50. The van der Waals surface area contributed by atoms with E-state index in [0.29, 0.717) is 18.7 Å². The summed E-state index contributed by atoms with van der Waals surface area (Å²) in [5.74, 6) is -2.86. The van der Waals surface area contributed by atoms with E-state index in [-0.39, 0.29) is 11.7 Å². The predicted molar refractivity (Wildman–Crippen MR) is 153 cm³/mol. The molecule has 4 N–H and O–H groups in total. The zero-order chi connectivity index (χ0) is 30.7. The highest BCUT2D eigenvalue weighted by atomic mass is 32.2. The summed E-state index contributed by atoms with van der Waals surface area (Å²) in [7, 11) is -3.17. The Balaban J connectivity index is 0.000000517. The van der Waals surface area contributed by atoms with E-state index in [4.69, 9.17) is 20.4 Å². The van der Waals surface area contributed by atoms with Gasteiger partial charge in [-0.15, -0.1) is 11.3 Å². The lowest BCUT2D eigenvalue weighted by Crippen LogP contribution is -2.38. The zero-order valence-electron chi connectivity index (χ0n) is 22.9. The molecule has 0 radical (unpaired) electrons. The predicted octanol–water partition coefficient (Wildman–Crippen LogP) is 3.99. The van der Waals surface area contributed by atoms with Crippen LogP contribution in [0.15, 0.2) is 29.8 Å². The number of nitrogens with zero attached hydrogens (tertiary/aromatic N) is 2. The number of aromatic amines is 1. The average molecular weight is 631 g/mol. The molecule has 15 heteroatoms. The summed E-state index contributed by atoms with van der Waals surface area (Å²) in [6.07, 6.45) is -1.61. The zero-order valence-corrected chi connectivity index (χ0v) is 24.6. The number of carbonyl (C=O) groups is 2. The molecular formula is C27H33F3N4O6S2. The minimum Gasteiger partial charge on any atom is -0.475 e. The largest absolute Gasteiger partial charge is 0.490 e. The number of alkyl halides is 3. The lowest BCUT2D eigenvalue weighted by atomic mass is 9.88. The number of benzene rings is 1. The Kier molecular flexibility index (Phi) is 9.98. The number of thiophene rings is 1. The summed E-state index contributed by atoms with van der Waals surface area (Å²) in [5.41, 5.74) is 10.2. The second kappa shape index (κ2) is 13.1. The first kappa shape index (κ1) is 31.9. The van der Waals surface area contributed by atoms with Gasteiger partial charge in [0.05, 0.1) is 30.0 Å². The van der Waals surface area contributed by atoms with Crippen LogP contribution in [-0.2, 0) is 26.1 Å². The van der Waals surface area contributed by atoms with Crippen LogP contribution in [0.25, 0.3) is 22.0 Å². The maximum atomic E-state index is 12.4. The number of halogens is 3. The van der Waals surface area contributed by atoms with Crippen LogP contribution in [0.4, 0.5) is 13.2 Å². The number of carboxylic acids is 1. The van der Waals surface area contributed by atoms with Gasteiger partial charge in [-0.25, -0.2) is 17.5 Å². The van der Waals surface area contributed by atoms with E-state index >= 15 is 0 Å². The van der Waals surface area contributed by atoms with Crippen molar-refractivity contribution in [2.75, 3.05) is 45.1 Å². The molecule has 0 saturated carbocycles. The molecule has 4 heterocycles. The van der Waals surface area contributed by atoms with Gasteiger partial charge in [0.1, 0.15) is 0 Å². The number of primary amides is 1. The van der Waals surface area contributed by atoms with Crippen LogP contribution in [0.3, 0.4) is 0 Å². The SMILES string of the molecule is CCS(=O)(=O)N1CCC(c2c[nH]c3c(C(N)=O)cc(-c4csc(CN5CCOCC5)c4)cc23)CC1.O=C(O)C(F)(F)F. The van der Waals surface area contributed by atoms with Crippen molar-refractivity contribution in [1.82, 2.24) is 14.2 Å². The second-order valence-corrected chi connectivity index (χ2v) is 13.4. The van der Waals surface area contributed by atoms with Crippen LogP contribution < -0.4 is 5.73 Å². The molecule has 3 aromatic rings. The number of carboxylic acid groups (broad SMARTS) is 1. The smallest absolute Gasteiger partial charge is 0.475 e. The Labute approximate surface area is 245 Å². The van der Waals surface area contributed by atoms with Crippen LogP contribution in [0.5, 0.6) is 0 Å². The van der Waals surface area contributed by atoms with Gasteiger partial charge in [-0.3, -0.25) is 9.69 Å². The lowest BCUT2D eigenvalue weighted by Gasteiger charge is -2.31. The Bertz CT molecular complexity index is 1520. The average Bonchev–Trinajstić information content (AvgIpc) is 3.60. The molecule has 1 amide bonds. The normalized spacial score (nSPS) is 17.6. The Morgan fingerprint density at radius 2 is 1.76 bits per heavy atom. The number of aromatic nitrogens is 1. The molecule has 10 nitrogen and oxygen atoms in total. The fraction of sp³-hybridized carbons (Fsp3) is 0.481. The molecule has 1 aromatic carbocycles. The van der Waals surface area contributed by atoms with E-state index in [9.17, 15) is 26.4 Å². The van der Waals surface area contributed by atoms with E-state index in [2.05, 4.69) is 27.4 Å². The molecule has 42 heavy (non-hydrogen) atoms. The number of aliphatic carboxylic acids is 1. The summed E-state index contributed by atoms with van der Waals surface area (Å²) in [6.45, 7) is 7.05.